The number of amides is 2. The van der Waals surface area contributed by atoms with E-state index in [-0.39, 0.29) is 12.1 Å². The zero-order chi connectivity index (χ0) is 18.5. The summed E-state index contributed by atoms with van der Waals surface area (Å²) in [6.07, 6.45) is 0.243. The number of hydrogen-bond donors (Lipinski definition) is 1. The third-order valence-corrected chi connectivity index (χ3v) is 5.59. The van der Waals surface area contributed by atoms with E-state index >= 15 is 0 Å². The highest BCUT2D eigenvalue weighted by Crippen LogP contribution is 2.24. The van der Waals surface area contributed by atoms with Crippen molar-refractivity contribution in [1.82, 2.24) is 4.90 Å². The lowest BCUT2D eigenvalue weighted by atomic mass is 10.2. The molecule has 0 spiro atoms. The monoisotopic (exact) mass is 393 g/mol. The van der Waals surface area contributed by atoms with Gasteiger partial charge in [-0.2, -0.15) is 0 Å². The molecule has 2 aromatic rings. The van der Waals surface area contributed by atoms with E-state index in [0.29, 0.717) is 13.1 Å². The fourth-order valence-corrected chi connectivity index (χ4v) is 4.07. The first-order valence-corrected chi connectivity index (χ1v) is 10.0. The van der Waals surface area contributed by atoms with Crippen molar-refractivity contribution in [3.63, 3.8) is 0 Å². The SMILES string of the molecule is CCN(Cc1ccc(Cl)s1)C(=O)Nc1ccc(N2CCOC(C)C2)cc1. The normalized spacial score (nSPS) is 17.2. The van der Waals surface area contributed by atoms with Crippen molar-refractivity contribution in [2.75, 3.05) is 36.5 Å². The Morgan fingerprint density at radius 3 is 2.73 bits per heavy atom. The highest BCUT2D eigenvalue weighted by Gasteiger charge is 2.17. The van der Waals surface area contributed by atoms with Crippen LogP contribution in [0.5, 0.6) is 0 Å². The van der Waals surface area contributed by atoms with Gasteiger partial charge in [-0.3, -0.25) is 0 Å². The molecule has 2 amide bonds. The molecule has 7 heteroatoms. The molecule has 140 valence electrons. The van der Waals surface area contributed by atoms with Gasteiger partial charge in [-0.15, -0.1) is 11.3 Å². The van der Waals surface area contributed by atoms with Crippen molar-refractivity contribution in [2.24, 2.45) is 0 Å². The van der Waals surface area contributed by atoms with Crippen molar-refractivity contribution in [2.45, 2.75) is 26.5 Å². The molecule has 1 aliphatic heterocycles. The molecule has 0 bridgehead atoms. The van der Waals surface area contributed by atoms with Crippen LogP contribution in [0.4, 0.5) is 16.2 Å². The van der Waals surface area contributed by atoms with Crippen LogP contribution in [0.1, 0.15) is 18.7 Å². The van der Waals surface area contributed by atoms with E-state index in [0.717, 1.165) is 40.3 Å². The first-order valence-electron chi connectivity index (χ1n) is 8.82. The van der Waals surface area contributed by atoms with Gasteiger partial charge in [-0.1, -0.05) is 11.6 Å². The Kier molecular flexibility index (Phi) is 6.40. The van der Waals surface area contributed by atoms with Gasteiger partial charge in [0.25, 0.3) is 0 Å². The van der Waals surface area contributed by atoms with Gasteiger partial charge in [0.2, 0.25) is 0 Å². The Bertz CT molecular complexity index is 735. The minimum absolute atomic E-state index is 0.107. The number of carbonyl (C=O) groups is 1. The Morgan fingerprint density at radius 1 is 1.35 bits per heavy atom. The maximum Gasteiger partial charge on any atom is 0.322 e. The standard InChI is InChI=1S/C19H24ClN3O2S/c1-3-22(13-17-8-9-18(20)26-17)19(24)21-15-4-6-16(7-5-15)23-10-11-25-14(2)12-23/h4-9,14H,3,10-13H2,1-2H3,(H,21,24). The summed E-state index contributed by atoms with van der Waals surface area (Å²) in [5.41, 5.74) is 1.95. The summed E-state index contributed by atoms with van der Waals surface area (Å²) in [6.45, 7) is 7.77. The van der Waals surface area contributed by atoms with Gasteiger partial charge in [0.05, 0.1) is 23.6 Å². The molecule has 1 fully saturated rings. The van der Waals surface area contributed by atoms with E-state index in [9.17, 15) is 4.79 Å². The highest BCUT2D eigenvalue weighted by atomic mass is 35.5. The molecule has 0 aliphatic carbocycles. The molecule has 1 aliphatic rings. The second kappa shape index (κ2) is 8.75. The summed E-state index contributed by atoms with van der Waals surface area (Å²) in [6, 6.07) is 11.7. The van der Waals surface area contributed by atoms with E-state index in [2.05, 4.69) is 17.1 Å². The zero-order valence-electron chi connectivity index (χ0n) is 15.1. The third-order valence-electron chi connectivity index (χ3n) is 4.37. The number of anilines is 2. The quantitative estimate of drug-likeness (QED) is 0.802. The Hall–Kier alpha value is -1.76. The lowest BCUT2D eigenvalue weighted by Gasteiger charge is -2.33. The van der Waals surface area contributed by atoms with Crippen LogP contribution < -0.4 is 10.2 Å². The summed E-state index contributed by atoms with van der Waals surface area (Å²) >= 11 is 7.47. The molecular weight excluding hydrogens is 370 g/mol. The van der Waals surface area contributed by atoms with Gasteiger partial charge in [0.1, 0.15) is 0 Å². The van der Waals surface area contributed by atoms with Crippen molar-refractivity contribution < 1.29 is 9.53 Å². The summed E-state index contributed by atoms with van der Waals surface area (Å²) < 4.78 is 6.32. The largest absolute Gasteiger partial charge is 0.375 e. The van der Waals surface area contributed by atoms with E-state index in [1.54, 1.807) is 4.90 Å². The summed E-state index contributed by atoms with van der Waals surface area (Å²) in [7, 11) is 0. The molecule has 2 heterocycles. The van der Waals surface area contributed by atoms with Gasteiger partial charge >= 0.3 is 6.03 Å². The van der Waals surface area contributed by atoms with Gasteiger partial charge in [-0.05, 0) is 50.2 Å². The lowest BCUT2D eigenvalue weighted by molar-refractivity contribution is 0.0532. The predicted octanol–water partition coefficient (Wildman–Crippen LogP) is 4.68. The lowest BCUT2D eigenvalue weighted by Crippen LogP contribution is -2.41. The number of benzene rings is 1. The number of carbonyl (C=O) groups excluding carboxylic acids is 1. The minimum Gasteiger partial charge on any atom is -0.375 e. The molecule has 1 unspecified atom stereocenters. The van der Waals surface area contributed by atoms with Gasteiger partial charge < -0.3 is 19.9 Å². The average Bonchev–Trinajstić information content (AvgIpc) is 3.05. The second-order valence-corrected chi connectivity index (χ2v) is 8.12. The van der Waals surface area contributed by atoms with Crippen molar-refractivity contribution in [3.05, 3.63) is 45.6 Å². The van der Waals surface area contributed by atoms with Crippen molar-refractivity contribution >= 4 is 40.3 Å². The Balaban J connectivity index is 1.59. The van der Waals surface area contributed by atoms with Crippen LogP contribution >= 0.6 is 22.9 Å². The molecule has 1 N–H and O–H groups in total. The molecule has 3 rings (SSSR count). The molecule has 5 nitrogen and oxygen atoms in total. The number of halogens is 1. The van der Waals surface area contributed by atoms with E-state index in [1.165, 1.54) is 11.3 Å². The van der Waals surface area contributed by atoms with Crippen LogP contribution in [-0.2, 0) is 11.3 Å². The van der Waals surface area contributed by atoms with E-state index in [1.807, 2.05) is 43.3 Å². The number of hydrogen-bond acceptors (Lipinski definition) is 4. The van der Waals surface area contributed by atoms with Crippen LogP contribution in [0.3, 0.4) is 0 Å². The van der Waals surface area contributed by atoms with E-state index in [4.69, 9.17) is 16.3 Å². The van der Waals surface area contributed by atoms with Crippen molar-refractivity contribution in [1.29, 1.82) is 0 Å². The molecular formula is C19H24ClN3O2S. The molecule has 1 saturated heterocycles. The molecule has 0 saturated carbocycles. The van der Waals surface area contributed by atoms with Crippen molar-refractivity contribution in [3.8, 4) is 0 Å². The highest BCUT2D eigenvalue weighted by molar-refractivity contribution is 7.16. The summed E-state index contributed by atoms with van der Waals surface area (Å²) in [4.78, 5) is 17.7. The predicted molar refractivity (Wildman–Crippen MR) is 109 cm³/mol. The van der Waals surface area contributed by atoms with Crippen LogP contribution in [0.15, 0.2) is 36.4 Å². The Morgan fingerprint density at radius 2 is 2.12 bits per heavy atom. The summed E-state index contributed by atoms with van der Waals surface area (Å²) in [5, 5.41) is 2.97. The van der Waals surface area contributed by atoms with E-state index < -0.39 is 0 Å². The first kappa shape index (κ1) is 19.0. The topological polar surface area (TPSA) is 44.8 Å². The summed E-state index contributed by atoms with van der Waals surface area (Å²) in [5.74, 6) is 0. The number of ether oxygens (including phenoxy) is 1. The number of urea groups is 1. The number of thiophene rings is 1. The fraction of sp³-hybridized carbons (Fsp3) is 0.421. The van der Waals surface area contributed by atoms with Gasteiger partial charge in [-0.25, -0.2) is 4.79 Å². The molecule has 26 heavy (non-hydrogen) atoms. The van der Waals surface area contributed by atoms with Crippen LogP contribution in [-0.4, -0.2) is 43.3 Å². The van der Waals surface area contributed by atoms with Crippen LogP contribution in [0, 0.1) is 0 Å². The minimum atomic E-state index is -0.107. The van der Waals surface area contributed by atoms with Gasteiger partial charge in [0, 0.05) is 35.9 Å². The second-order valence-electron chi connectivity index (χ2n) is 6.32. The van der Waals surface area contributed by atoms with Gasteiger partial charge in [0.15, 0.2) is 0 Å². The fourth-order valence-electron chi connectivity index (χ4n) is 2.96. The number of morpholine rings is 1. The maximum absolute atomic E-state index is 12.5. The molecule has 1 aromatic heterocycles. The molecule has 1 aromatic carbocycles. The molecule has 1 atom stereocenters. The number of rotatable bonds is 5. The number of nitrogens with zero attached hydrogens (tertiary/aromatic N) is 2. The Labute approximate surface area is 163 Å². The van der Waals surface area contributed by atoms with Crippen LogP contribution in [0.25, 0.3) is 0 Å². The smallest absolute Gasteiger partial charge is 0.322 e. The zero-order valence-corrected chi connectivity index (χ0v) is 16.6. The maximum atomic E-state index is 12.5. The van der Waals surface area contributed by atoms with Crippen LogP contribution in [0.2, 0.25) is 4.34 Å². The number of nitrogens with one attached hydrogen (secondary N) is 1. The first-order chi connectivity index (χ1) is 12.5. The molecule has 0 radical (unpaired) electrons. The average molecular weight is 394 g/mol. The third kappa shape index (κ3) is 4.90.